The molecule has 1 aromatic heterocycles. The van der Waals surface area contributed by atoms with Crippen LogP contribution in [0.1, 0.15) is 28.9 Å². The van der Waals surface area contributed by atoms with Crippen LogP contribution in [0.2, 0.25) is 5.02 Å². The van der Waals surface area contributed by atoms with E-state index >= 15 is 0 Å². The van der Waals surface area contributed by atoms with E-state index in [4.69, 9.17) is 17.3 Å². The summed E-state index contributed by atoms with van der Waals surface area (Å²) in [6.45, 7) is 1.85. The summed E-state index contributed by atoms with van der Waals surface area (Å²) in [6.07, 6.45) is 3.23. The average molecular weight is 276 g/mol. The normalized spacial score (nSPS) is 11.9. The molecule has 0 aliphatic heterocycles. The van der Waals surface area contributed by atoms with E-state index in [1.807, 2.05) is 6.92 Å². The minimum Gasteiger partial charge on any atom is -0.324 e. The monoisotopic (exact) mass is 275 g/mol. The van der Waals surface area contributed by atoms with E-state index in [9.17, 15) is 4.79 Å². The van der Waals surface area contributed by atoms with E-state index in [2.05, 4.69) is 10.3 Å². The van der Waals surface area contributed by atoms with Crippen molar-refractivity contribution in [2.45, 2.75) is 13.0 Å². The van der Waals surface area contributed by atoms with Gasteiger partial charge < -0.3 is 11.1 Å². The van der Waals surface area contributed by atoms with E-state index in [1.165, 1.54) is 0 Å². The van der Waals surface area contributed by atoms with Gasteiger partial charge in [-0.1, -0.05) is 17.7 Å². The molecule has 0 aliphatic carbocycles. The predicted octanol–water partition coefficient (Wildman–Crippen LogP) is 3.01. The number of nitrogens with one attached hydrogen (secondary N) is 1. The maximum atomic E-state index is 12.0. The molecule has 1 amide bonds. The molecular formula is C14H14ClN3O. The van der Waals surface area contributed by atoms with Gasteiger partial charge in [0.25, 0.3) is 5.91 Å². The third-order valence-corrected chi connectivity index (χ3v) is 3.02. The standard InChI is InChI=1S/C14H14ClN3O/c1-9(16)12-3-2-10(8-13(12)15)14(19)18-11-4-6-17-7-5-11/h2-9H,16H2,1H3,(H,17,18,19)/t9-/m1/s1. The van der Waals surface area contributed by atoms with Gasteiger partial charge in [-0.3, -0.25) is 9.78 Å². The SMILES string of the molecule is C[C@@H](N)c1ccc(C(=O)Nc2ccncc2)cc1Cl. The first-order valence-corrected chi connectivity index (χ1v) is 6.22. The Morgan fingerprint density at radius 2 is 2.00 bits per heavy atom. The molecule has 3 N–H and O–H groups in total. The van der Waals surface area contributed by atoms with Crippen molar-refractivity contribution < 1.29 is 4.79 Å². The number of anilines is 1. The molecule has 0 fully saturated rings. The topological polar surface area (TPSA) is 68.0 Å². The largest absolute Gasteiger partial charge is 0.324 e. The van der Waals surface area contributed by atoms with Crippen LogP contribution in [0.3, 0.4) is 0 Å². The molecule has 2 rings (SSSR count). The lowest BCUT2D eigenvalue weighted by Crippen LogP contribution is -2.13. The fraction of sp³-hybridized carbons (Fsp3) is 0.143. The van der Waals surface area contributed by atoms with Crippen LogP contribution in [0, 0.1) is 0 Å². The summed E-state index contributed by atoms with van der Waals surface area (Å²) in [5.41, 5.74) is 7.77. The van der Waals surface area contributed by atoms with Gasteiger partial charge in [-0.25, -0.2) is 0 Å². The maximum absolute atomic E-state index is 12.0. The number of benzene rings is 1. The number of aromatic nitrogens is 1. The Kier molecular flexibility index (Phi) is 4.14. The number of hydrogen-bond acceptors (Lipinski definition) is 3. The number of pyridine rings is 1. The van der Waals surface area contributed by atoms with Crippen molar-refractivity contribution in [3.05, 3.63) is 58.9 Å². The fourth-order valence-electron chi connectivity index (χ4n) is 1.68. The van der Waals surface area contributed by atoms with Crippen LogP contribution < -0.4 is 11.1 Å². The molecule has 0 bridgehead atoms. The number of halogens is 1. The van der Waals surface area contributed by atoms with Gasteiger partial charge in [-0.05, 0) is 36.8 Å². The van der Waals surface area contributed by atoms with Crippen LogP contribution in [0.4, 0.5) is 5.69 Å². The zero-order valence-corrected chi connectivity index (χ0v) is 11.2. The quantitative estimate of drug-likeness (QED) is 0.905. The number of nitrogens with two attached hydrogens (primary N) is 1. The Morgan fingerprint density at radius 1 is 1.32 bits per heavy atom. The minimum absolute atomic E-state index is 0.162. The molecule has 0 unspecified atom stereocenters. The van der Waals surface area contributed by atoms with Crippen LogP contribution in [-0.4, -0.2) is 10.9 Å². The third kappa shape index (κ3) is 3.30. The summed E-state index contributed by atoms with van der Waals surface area (Å²) in [5, 5.41) is 3.26. The lowest BCUT2D eigenvalue weighted by molar-refractivity contribution is 0.102. The molecule has 0 aliphatic rings. The van der Waals surface area contributed by atoms with Crippen molar-refractivity contribution >= 4 is 23.2 Å². The van der Waals surface area contributed by atoms with Gasteiger partial charge in [0.1, 0.15) is 0 Å². The second kappa shape index (κ2) is 5.82. The van der Waals surface area contributed by atoms with Gasteiger partial charge in [0.15, 0.2) is 0 Å². The van der Waals surface area contributed by atoms with Crippen LogP contribution >= 0.6 is 11.6 Å². The molecule has 5 heteroatoms. The Labute approximate surface area is 116 Å². The van der Waals surface area contributed by atoms with Gasteiger partial charge in [0, 0.05) is 34.7 Å². The molecule has 1 aromatic carbocycles. The summed E-state index contributed by atoms with van der Waals surface area (Å²) < 4.78 is 0. The van der Waals surface area contributed by atoms with Crippen molar-refractivity contribution in [2.75, 3.05) is 5.32 Å². The van der Waals surface area contributed by atoms with Crippen LogP contribution in [0.15, 0.2) is 42.7 Å². The Balaban J connectivity index is 2.18. The summed E-state index contributed by atoms with van der Waals surface area (Å²) in [5.74, 6) is -0.218. The lowest BCUT2D eigenvalue weighted by atomic mass is 10.1. The molecule has 19 heavy (non-hydrogen) atoms. The Hall–Kier alpha value is -1.91. The van der Waals surface area contributed by atoms with Crippen LogP contribution in [0.5, 0.6) is 0 Å². The van der Waals surface area contributed by atoms with E-state index < -0.39 is 0 Å². The van der Waals surface area contributed by atoms with E-state index in [0.717, 1.165) is 5.56 Å². The van der Waals surface area contributed by atoms with E-state index in [0.29, 0.717) is 16.3 Å². The highest BCUT2D eigenvalue weighted by Crippen LogP contribution is 2.23. The highest BCUT2D eigenvalue weighted by molar-refractivity contribution is 6.31. The van der Waals surface area contributed by atoms with Crippen molar-refractivity contribution in [1.82, 2.24) is 4.98 Å². The summed E-state index contributed by atoms with van der Waals surface area (Å²) >= 11 is 6.10. The van der Waals surface area contributed by atoms with Crippen molar-refractivity contribution in [2.24, 2.45) is 5.73 Å². The Morgan fingerprint density at radius 3 is 2.58 bits per heavy atom. The molecule has 0 saturated carbocycles. The second-order valence-corrected chi connectivity index (χ2v) is 4.62. The Bertz CT molecular complexity index is 584. The number of hydrogen-bond donors (Lipinski definition) is 2. The van der Waals surface area contributed by atoms with Gasteiger partial charge in [0.05, 0.1) is 0 Å². The van der Waals surface area contributed by atoms with Gasteiger partial charge in [-0.15, -0.1) is 0 Å². The minimum atomic E-state index is -0.218. The third-order valence-electron chi connectivity index (χ3n) is 2.69. The fourth-order valence-corrected chi connectivity index (χ4v) is 2.03. The number of rotatable bonds is 3. The van der Waals surface area contributed by atoms with Crippen molar-refractivity contribution in [1.29, 1.82) is 0 Å². The summed E-state index contributed by atoms with van der Waals surface area (Å²) in [7, 11) is 0. The first-order chi connectivity index (χ1) is 9.08. The number of carbonyl (C=O) groups excluding carboxylic acids is 1. The highest BCUT2D eigenvalue weighted by atomic mass is 35.5. The second-order valence-electron chi connectivity index (χ2n) is 4.21. The van der Waals surface area contributed by atoms with Gasteiger partial charge >= 0.3 is 0 Å². The zero-order valence-electron chi connectivity index (χ0n) is 10.4. The molecular weight excluding hydrogens is 262 g/mol. The molecule has 2 aromatic rings. The first kappa shape index (κ1) is 13.5. The zero-order chi connectivity index (χ0) is 13.8. The lowest BCUT2D eigenvalue weighted by Gasteiger charge is -2.10. The number of nitrogens with zero attached hydrogens (tertiary/aromatic N) is 1. The van der Waals surface area contributed by atoms with E-state index in [-0.39, 0.29) is 11.9 Å². The molecule has 0 spiro atoms. The summed E-state index contributed by atoms with van der Waals surface area (Å²) in [6, 6.07) is 8.38. The molecule has 1 atom stereocenters. The number of amides is 1. The van der Waals surface area contributed by atoms with Crippen LogP contribution in [0.25, 0.3) is 0 Å². The van der Waals surface area contributed by atoms with Crippen molar-refractivity contribution in [3.8, 4) is 0 Å². The first-order valence-electron chi connectivity index (χ1n) is 5.84. The van der Waals surface area contributed by atoms with Crippen LogP contribution in [-0.2, 0) is 0 Å². The highest BCUT2D eigenvalue weighted by Gasteiger charge is 2.10. The average Bonchev–Trinajstić information content (AvgIpc) is 2.39. The summed E-state index contributed by atoms with van der Waals surface area (Å²) in [4.78, 5) is 15.9. The molecule has 1 heterocycles. The molecule has 0 saturated heterocycles. The van der Waals surface area contributed by atoms with Crippen molar-refractivity contribution in [3.63, 3.8) is 0 Å². The predicted molar refractivity (Wildman–Crippen MR) is 76.2 cm³/mol. The van der Waals surface area contributed by atoms with Gasteiger partial charge in [-0.2, -0.15) is 0 Å². The smallest absolute Gasteiger partial charge is 0.255 e. The molecule has 4 nitrogen and oxygen atoms in total. The molecule has 98 valence electrons. The van der Waals surface area contributed by atoms with E-state index in [1.54, 1.807) is 42.7 Å². The maximum Gasteiger partial charge on any atom is 0.255 e. The van der Waals surface area contributed by atoms with Gasteiger partial charge in [0.2, 0.25) is 0 Å². The molecule has 0 radical (unpaired) electrons. The number of carbonyl (C=O) groups is 1.